The van der Waals surface area contributed by atoms with Gasteiger partial charge in [-0.1, -0.05) is 68.8 Å². The van der Waals surface area contributed by atoms with E-state index in [-0.39, 0.29) is 30.5 Å². The highest BCUT2D eigenvalue weighted by Gasteiger charge is 2.29. The van der Waals surface area contributed by atoms with Gasteiger partial charge in [0.25, 0.3) is 5.69 Å². The number of benzene rings is 2. The number of hydrogen-bond donors (Lipinski definition) is 1. The van der Waals surface area contributed by atoms with Crippen LogP contribution in [0, 0.1) is 10.1 Å². The molecule has 30 heavy (non-hydrogen) atoms. The van der Waals surface area contributed by atoms with Crippen LogP contribution in [0.1, 0.15) is 44.2 Å². The van der Waals surface area contributed by atoms with Crippen LogP contribution in [0.3, 0.4) is 0 Å². The zero-order valence-electron chi connectivity index (χ0n) is 17.5. The molecule has 0 saturated heterocycles. The molecule has 1 N–H and O–H groups in total. The highest BCUT2D eigenvalue weighted by molar-refractivity contribution is 5.88. The first-order valence-corrected chi connectivity index (χ1v) is 10.3. The molecular formula is C23H29N3O4. The molecule has 2 amide bonds. The van der Waals surface area contributed by atoms with Crippen LogP contribution in [0.15, 0.2) is 54.6 Å². The molecule has 0 bridgehead atoms. The number of nitro groups is 1. The number of amides is 2. The van der Waals surface area contributed by atoms with Gasteiger partial charge in [0.2, 0.25) is 11.8 Å². The van der Waals surface area contributed by atoms with Crippen LogP contribution in [0.2, 0.25) is 0 Å². The molecule has 2 rings (SSSR count). The van der Waals surface area contributed by atoms with Gasteiger partial charge in [0.1, 0.15) is 6.04 Å². The maximum Gasteiger partial charge on any atom is 0.273 e. The number of nitrogens with one attached hydrogen (secondary N) is 1. The van der Waals surface area contributed by atoms with Crippen LogP contribution in [0.4, 0.5) is 5.69 Å². The van der Waals surface area contributed by atoms with Gasteiger partial charge in [0.15, 0.2) is 0 Å². The Bertz CT molecular complexity index is 855. The first kappa shape index (κ1) is 23.1. The Labute approximate surface area is 177 Å². The predicted octanol–water partition coefficient (Wildman–Crippen LogP) is 3.86. The zero-order valence-corrected chi connectivity index (χ0v) is 17.5. The van der Waals surface area contributed by atoms with Crippen molar-refractivity contribution in [3.8, 4) is 0 Å². The van der Waals surface area contributed by atoms with Gasteiger partial charge < -0.3 is 10.2 Å². The molecule has 0 aliphatic carbocycles. The third kappa shape index (κ3) is 6.40. The van der Waals surface area contributed by atoms with E-state index in [9.17, 15) is 19.7 Å². The van der Waals surface area contributed by atoms with Crippen molar-refractivity contribution in [1.29, 1.82) is 0 Å². The van der Waals surface area contributed by atoms with E-state index in [1.807, 2.05) is 44.2 Å². The van der Waals surface area contributed by atoms with Crippen molar-refractivity contribution in [3.05, 3.63) is 75.8 Å². The topological polar surface area (TPSA) is 92.6 Å². The Hall–Kier alpha value is -3.22. The standard InChI is InChI=1S/C23H29N3O4/c1-3-5-15-24-23(28)20(4-2)25(17-18-11-7-6-8-12-18)22(27)16-19-13-9-10-14-21(19)26(29)30/h6-14,20H,3-5,15-17H2,1-2H3,(H,24,28)/t20-/m0/s1. The minimum Gasteiger partial charge on any atom is -0.354 e. The molecule has 0 aliphatic heterocycles. The SMILES string of the molecule is CCCCNC(=O)[C@H](CC)N(Cc1ccccc1)C(=O)Cc1ccccc1[N+](=O)[O-]. The Morgan fingerprint density at radius 3 is 2.37 bits per heavy atom. The lowest BCUT2D eigenvalue weighted by Crippen LogP contribution is -2.49. The number of para-hydroxylation sites is 1. The zero-order chi connectivity index (χ0) is 21.9. The summed E-state index contributed by atoms with van der Waals surface area (Å²) in [5.74, 6) is -0.511. The van der Waals surface area contributed by atoms with Crippen molar-refractivity contribution in [2.45, 2.75) is 52.1 Å². The van der Waals surface area contributed by atoms with Gasteiger partial charge in [-0.2, -0.15) is 0 Å². The smallest absolute Gasteiger partial charge is 0.273 e. The number of rotatable bonds is 11. The highest BCUT2D eigenvalue weighted by atomic mass is 16.6. The van der Waals surface area contributed by atoms with Gasteiger partial charge in [-0.25, -0.2) is 0 Å². The highest BCUT2D eigenvalue weighted by Crippen LogP contribution is 2.21. The minimum atomic E-state index is -0.641. The van der Waals surface area contributed by atoms with Crippen molar-refractivity contribution in [2.24, 2.45) is 0 Å². The normalized spacial score (nSPS) is 11.5. The first-order valence-electron chi connectivity index (χ1n) is 10.3. The summed E-state index contributed by atoms with van der Waals surface area (Å²) < 4.78 is 0. The van der Waals surface area contributed by atoms with E-state index >= 15 is 0 Å². The molecule has 0 unspecified atom stereocenters. The molecule has 0 saturated carbocycles. The van der Waals surface area contributed by atoms with Crippen LogP contribution in [-0.2, 0) is 22.6 Å². The van der Waals surface area contributed by atoms with E-state index in [2.05, 4.69) is 5.32 Å². The largest absolute Gasteiger partial charge is 0.354 e. The van der Waals surface area contributed by atoms with E-state index in [1.54, 1.807) is 18.2 Å². The van der Waals surface area contributed by atoms with E-state index < -0.39 is 11.0 Å². The molecule has 0 aliphatic rings. The Kier molecular flexibility index (Phi) is 9.00. The number of unbranched alkanes of at least 4 members (excludes halogenated alkanes) is 1. The lowest BCUT2D eigenvalue weighted by atomic mass is 10.1. The average molecular weight is 412 g/mol. The summed E-state index contributed by atoms with van der Waals surface area (Å²) >= 11 is 0. The summed E-state index contributed by atoms with van der Waals surface area (Å²) in [6, 6.07) is 15.0. The van der Waals surface area contributed by atoms with Crippen molar-refractivity contribution in [2.75, 3.05) is 6.54 Å². The fourth-order valence-corrected chi connectivity index (χ4v) is 3.31. The van der Waals surface area contributed by atoms with Crippen LogP contribution in [0.5, 0.6) is 0 Å². The van der Waals surface area contributed by atoms with Gasteiger partial charge >= 0.3 is 0 Å². The van der Waals surface area contributed by atoms with Gasteiger partial charge in [-0.15, -0.1) is 0 Å². The summed E-state index contributed by atoms with van der Waals surface area (Å²) in [6.07, 6.45) is 2.14. The summed E-state index contributed by atoms with van der Waals surface area (Å²) in [5.41, 5.74) is 1.14. The monoisotopic (exact) mass is 411 g/mol. The van der Waals surface area contributed by atoms with Crippen molar-refractivity contribution >= 4 is 17.5 Å². The van der Waals surface area contributed by atoms with Crippen LogP contribution in [0.25, 0.3) is 0 Å². The lowest BCUT2D eigenvalue weighted by Gasteiger charge is -2.30. The van der Waals surface area contributed by atoms with Gasteiger partial charge in [0.05, 0.1) is 11.3 Å². The molecule has 160 valence electrons. The number of carbonyl (C=O) groups is 2. The van der Waals surface area contributed by atoms with E-state index in [0.717, 1.165) is 18.4 Å². The molecular weight excluding hydrogens is 382 g/mol. The molecule has 0 fully saturated rings. The number of hydrogen-bond acceptors (Lipinski definition) is 4. The number of nitrogens with zero attached hydrogens (tertiary/aromatic N) is 2. The lowest BCUT2D eigenvalue weighted by molar-refractivity contribution is -0.385. The third-order valence-corrected chi connectivity index (χ3v) is 4.94. The quantitative estimate of drug-likeness (QED) is 0.345. The summed E-state index contributed by atoms with van der Waals surface area (Å²) in [6.45, 7) is 4.73. The second-order valence-corrected chi connectivity index (χ2v) is 7.14. The first-order chi connectivity index (χ1) is 14.5. The van der Waals surface area contributed by atoms with Crippen molar-refractivity contribution in [1.82, 2.24) is 10.2 Å². The van der Waals surface area contributed by atoms with Gasteiger partial charge in [-0.3, -0.25) is 19.7 Å². The molecule has 0 heterocycles. The summed E-state index contributed by atoms with van der Waals surface area (Å²) in [5, 5.41) is 14.2. The maximum absolute atomic E-state index is 13.2. The number of nitro benzene ring substituents is 1. The number of carbonyl (C=O) groups excluding carboxylic acids is 2. The van der Waals surface area contributed by atoms with Crippen molar-refractivity contribution < 1.29 is 14.5 Å². The molecule has 2 aromatic rings. The molecule has 0 spiro atoms. The molecule has 7 heteroatoms. The minimum absolute atomic E-state index is 0.0917. The molecule has 0 aromatic heterocycles. The molecule has 1 atom stereocenters. The van der Waals surface area contributed by atoms with Gasteiger partial charge in [0, 0.05) is 24.7 Å². The van der Waals surface area contributed by atoms with E-state index in [0.29, 0.717) is 18.5 Å². The Morgan fingerprint density at radius 1 is 1.07 bits per heavy atom. The van der Waals surface area contributed by atoms with Crippen LogP contribution < -0.4 is 5.32 Å². The van der Waals surface area contributed by atoms with Crippen LogP contribution in [-0.4, -0.2) is 34.2 Å². The third-order valence-electron chi connectivity index (χ3n) is 4.94. The van der Waals surface area contributed by atoms with Crippen molar-refractivity contribution in [3.63, 3.8) is 0 Å². The van der Waals surface area contributed by atoms with Crippen LogP contribution >= 0.6 is 0 Å². The Morgan fingerprint density at radius 2 is 1.73 bits per heavy atom. The molecule has 0 radical (unpaired) electrons. The maximum atomic E-state index is 13.2. The second kappa shape index (κ2) is 11.7. The summed E-state index contributed by atoms with van der Waals surface area (Å²) in [4.78, 5) is 38.4. The fourth-order valence-electron chi connectivity index (χ4n) is 3.31. The van der Waals surface area contributed by atoms with E-state index in [4.69, 9.17) is 0 Å². The Balaban J connectivity index is 2.29. The molecule has 2 aromatic carbocycles. The second-order valence-electron chi connectivity index (χ2n) is 7.14. The molecule has 7 nitrogen and oxygen atoms in total. The average Bonchev–Trinajstić information content (AvgIpc) is 2.74. The fraction of sp³-hybridized carbons (Fsp3) is 0.391. The van der Waals surface area contributed by atoms with Gasteiger partial charge in [-0.05, 0) is 18.4 Å². The van der Waals surface area contributed by atoms with E-state index in [1.165, 1.54) is 11.0 Å². The predicted molar refractivity (Wildman–Crippen MR) is 116 cm³/mol. The summed E-state index contributed by atoms with van der Waals surface area (Å²) in [7, 11) is 0.